The number of likely N-dealkylation sites (tertiary alicyclic amines) is 1. The molecular weight excluding hydrogens is 456 g/mol. The molecule has 2 bridgehead atoms. The molecule has 5 rings (SSSR count). The van der Waals surface area contributed by atoms with E-state index in [0.29, 0.717) is 18.3 Å². The van der Waals surface area contributed by atoms with Crippen molar-refractivity contribution in [3.05, 3.63) is 66.0 Å². The number of carbonyl (C=O) groups excluding carboxylic acids is 1. The zero-order valence-electron chi connectivity index (χ0n) is 19.1. The lowest BCUT2D eigenvalue weighted by molar-refractivity contribution is 0.102. The van der Waals surface area contributed by atoms with Gasteiger partial charge >= 0.3 is 0 Å². The fraction of sp³-hybridized carbons (Fsp3) is 0.320. The molecule has 8 nitrogen and oxygen atoms in total. The van der Waals surface area contributed by atoms with Crippen LogP contribution in [0.25, 0.3) is 11.4 Å². The smallest absolute Gasteiger partial charge is 0.274 e. The molecule has 2 aliphatic heterocycles. The molecule has 0 radical (unpaired) electrons. The lowest BCUT2D eigenvalue weighted by Crippen LogP contribution is -2.47. The number of nitrogens with zero attached hydrogens (tertiary/aromatic N) is 4. The predicted octanol–water partition coefficient (Wildman–Crippen LogP) is 2.94. The second-order valence-corrected chi connectivity index (χ2v) is 8.61. The number of halogens is 2. The van der Waals surface area contributed by atoms with Crippen LogP contribution in [0.4, 0.5) is 20.2 Å². The summed E-state index contributed by atoms with van der Waals surface area (Å²) in [5.41, 5.74) is 1.12. The second kappa shape index (κ2) is 9.55. The molecular formula is C25H25F2N5O3. The van der Waals surface area contributed by atoms with Gasteiger partial charge in [-0.25, -0.2) is 18.7 Å². The van der Waals surface area contributed by atoms with Crippen molar-refractivity contribution < 1.29 is 23.4 Å². The fourth-order valence-electron chi connectivity index (χ4n) is 4.99. The Hall–Kier alpha value is -3.63. The number of aliphatic hydroxyl groups is 1. The monoisotopic (exact) mass is 481 g/mol. The van der Waals surface area contributed by atoms with Gasteiger partial charge in [-0.05, 0) is 42.8 Å². The van der Waals surface area contributed by atoms with Crippen molar-refractivity contribution in [1.29, 1.82) is 0 Å². The minimum atomic E-state index is -0.575. The van der Waals surface area contributed by atoms with E-state index >= 15 is 0 Å². The van der Waals surface area contributed by atoms with Crippen LogP contribution in [0.3, 0.4) is 0 Å². The van der Waals surface area contributed by atoms with E-state index in [1.54, 1.807) is 12.1 Å². The van der Waals surface area contributed by atoms with E-state index < -0.39 is 17.5 Å². The molecule has 182 valence electrons. The van der Waals surface area contributed by atoms with Crippen molar-refractivity contribution >= 4 is 17.3 Å². The highest BCUT2D eigenvalue weighted by Gasteiger charge is 2.43. The van der Waals surface area contributed by atoms with Crippen molar-refractivity contribution in [2.75, 3.05) is 43.6 Å². The normalized spacial score (nSPS) is 19.3. The van der Waals surface area contributed by atoms with Crippen LogP contribution in [0, 0.1) is 11.6 Å². The van der Waals surface area contributed by atoms with E-state index in [2.05, 4.69) is 25.1 Å². The first kappa shape index (κ1) is 23.1. The van der Waals surface area contributed by atoms with Gasteiger partial charge in [0.2, 0.25) is 0 Å². The Kier molecular flexibility index (Phi) is 6.31. The topological polar surface area (TPSA) is 90.8 Å². The maximum Gasteiger partial charge on any atom is 0.274 e. The number of benzene rings is 2. The summed E-state index contributed by atoms with van der Waals surface area (Å²) in [5.74, 6) is -1.37. The number of aromatic nitrogens is 2. The number of hydrogen-bond donors (Lipinski definition) is 2. The number of carbonyl (C=O) groups is 1. The summed E-state index contributed by atoms with van der Waals surface area (Å²) in [4.78, 5) is 25.9. The van der Waals surface area contributed by atoms with Gasteiger partial charge < -0.3 is 20.1 Å². The van der Waals surface area contributed by atoms with Crippen LogP contribution in [-0.2, 0) is 0 Å². The maximum atomic E-state index is 14.5. The van der Waals surface area contributed by atoms with Crippen LogP contribution < -0.4 is 15.0 Å². The molecule has 2 aromatic carbocycles. The average Bonchev–Trinajstić information content (AvgIpc) is 3.45. The quantitative estimate of drug-likeness (QED) is 0.536. The molecule has 1 unspecified atom stereocenters. The lowest BCUT2D eigenvalue weighted by Gasteiger charge is -2.36. The minimum absolute atomic E-state index is 0.00702. The molecule has 3 aromatic rings. The summed E-state index contributed by atoms with van der Waals surface area (Å²) in [6, 6.07) is 10.6. The van der Waals surface area contributed by atoms with Gasteiger partial charge in [0.1, 0.15) is 23.1 Å². The van der Waals surface area contributed by atoms with Gasteiger partial charge in [0.25, 0.3) is 5.91 Å². The Morgan fingerprint density at radius 3 is 2.80 bits per heavy atom. The lowest BCUT2D eigenvalue weighted by atomic mass is 10.1. The predicted molar refractivity (Wildman–Crippen MR) is 127 cm³/mol. The van der Waals surface area contributed by atoms with E-state index in [4.69, 9.17) is 4.74 Å². The van der Waals surface area contributed by atoms with Gasteiger partial charge in [0.05, 0.1) is 30.7 Å². The van der Waals surface area contributed by atoms with Crippen molar-refractivity contribution in [3.63, 3.8) is 0 Å². The third kappa shape index (κ3) is 4.42. The van der Waals surface area contributed by atoms with Crippen molar-refractivity contribution in [1.82, 2.24) is 14.9 Å². The fourth-order valence-corrected chi connectivity index (χ4v) is 4.99. The molecule has 2 saturated heterocycles. The zero-order valence-corrected chi connectivity index (χ0v) is 19.1. The number of aliphatic hydroxyl groups excluding tert-OH is 1. The summed E-state index contributed by atoms with van der Waals surface area (Å²) in [7, 11) is 1.41. The summed E-state index contributed by atoms with van der Waals surface area (Å²) in [6.07, 6.45) is 2.31. The number of ether oxygens (including phenoxy) is 1. The standard InChI is InChI=1S/C25H25F2N5O3/c1-35-22-4-2-3-18(27)23(22)24-28-8-7-19(29-24)25(34)30-20-11-15(26)5-6-21(20)32-14-16-12-17(32)13-31(16)9-10-33/h2-8,11,16-17,33H,9-10,12-14H2,1H3,(H,30,34)/t16?,17-/m1/s1. The molecule has 3 heterocycles. The molecule has 0 aliphatic carbocycles. The summed E-state index contributed by atoms with van der Waals surface area (Å²) in [5, 5.41) is 12.0. The third-order valence-electron chi connectivity index (χ3n) is 6.56. The van der Waals surface area contributed by atoms with E-state index in [-0.39, 0.29) is 35.5 Å². The van der Waals surface area contributed by atoms with E-state index in [0.717, 1.165) is 25.2 Å². The SMILES string of the molecule is COc1cccc(F)c1-c1nccc(C(=O)Nc2cc(F)ccc2N2CC3C[C@@H]2CN3CCO)n1. The number of piperazine rings is 1. The summed E-state index contributed by atoms with van der Waals surface area (Å²) in [6.45, 7) is 2.27. The highest BCUT2D eigenvalue weighted by atomic mass is 19.1. The highest BCUT2D eigenvalue weighted by molar-refractivity contribution is 6.05. The zero-order chi connectivity index (χ0) is 24.5. The molecule has 10 heteroatoms. The average molecular weight is 482 g/mol. The highest BCUT2D eigenvalue weighted by Crippen LogP contribution is 2.38. The van der Waals surface area contributed by atoms with Gasteiger partial charge in [-0.3, -0.25) is 9.69 Å². The molecule has 2 aliphatic rings. The third-order valence-corrected chi connectivity index (χ3v) is 6.56. The van der Waals surface area contributed by atoms with Gasteiger partial charge in [-0.1, -0.05) is 6.07 Å². The molecule has 2 fully saturated rings. The number of amides is 1. The van der Waals surface area contributed by atoms with Crippen LogP contribution in [0.2, 0.25) is 0 Å². The van der Waals surface area contributed by atoms with E-state index in [1.807, 2.05) is 0 Å². The largest absolute Gasteiger partial charge is 0.496 e. The van der Waals surface area contributed by atoms with Gasteiger partial charge in [0, 0.05) is 37.9 Å². The molecule has 2 atom stereocenters. The minimum Gasteiger partial charge on any atom is -0.496 e. The Balaban J connectivity index is 1.40. The number of anilines is 2. The Labute approximate surface area is 201 Å². The summed E-state index contributed by atoms with van der Waals surface area (Å²) < 4.78 is 33.9. The van der Waals surface area contributed by atoms with Crippen molar-refractivity contribution in [2.24, 2.45) is 0 Å². The Morgan fingerprint density at radius 1 is 1.20 bits per heavy atom. The first-order chi connectivity index (χ1) is 17.0. The van der Waals surface area contributed by atoms with Crippen LogP contribution in [-0.4, -0.2) is 71.3 Å². The van der Waals surface area contributed by atoms with Gasteiger partial charge in [0.15, 0.2) is 5.82 Å². The molecule has 1 amide bonds. The summed E-state index contributed by atoms with van der Waals surface area (Å²) >= 11 is 0. The first-order valence-corrected chi connectivity index (χ1v) is 11.4. The van der Waals surface area contributed by atoms with Crippen LogP contribution >= 0.6 is 0 Å². The maximum absolute atomic E-state index is 14.5. The molecule has 35 heavy (non-hydrogen) atoms. The number of fused-ring (bicyclic) bond motifs is 2. The van der Waals surface area contributed by atoms with E-state index in [9.17, 15) is 18.7 Å². The molecule has 0 saturated carbocycles. The first-order valence-electron chi connectivity index (χ1n) is 11.4. The number of nitrogens with one attached hydrogen (secondary N) is 1. The van der Waals surface area contributed by atoms with Gasteiger partial charge in [-0.15, -0.1) is 0 Å². The molecule has 2 N–H and O–H groups in total. The number of β-amino-alcohol motifs (C(OH)–C–C–N with tert-alkyl or cyclic N) is 1. The molecule has 1 aromatic heterocycles. The van der Waals surface area contributed by atoms with Crippen molar-refractivity contribution in [3.8, 4) is 17.1 Å². The number of rotatable bonds is 7. The number of methoxy groups -OCH3 is 1. The second-order valence-electron chi connectivity index (χ2n) is 8.61. The molecule has 0 spiro atoms. The van der Waals surface area contributed by atoms with Crippen LogP contribution in [0.1, 0.15) is 16.9 Å². The van der Waals surface area contributed by atoms with Gasteiger partial charge in [-0.2, -0.15) is 0 Å². The Morgan fingerprint density at radius 2 is 2.06 bits per heavy atom. The van der Waals surface area contributed by atoms with Crippen LogP contribution in [0.15, 0.2) is 48.7 Å². The number of hydrogen-bond acceptors (Lipinski definition) is 7. The van der Waals surface area contributed by atoms with E-state index in [1.165, 1.54) is 43.6 Å². The van der Waals surface area contributed by atoms with Crippen molar-refractivity contribution in [2.45, 2.75) is 18.5 Å². The Bertz CT molecular complexity index is 1260. The van der Waals surface area contributed by atoms with Crippen LogP contribution in [0.5, 0.6) is 5.75 Å².